The highest BCUT2D eigenvalue weighted by Gasteiger charge is 2.41. The SMILES string of the molecule is CCN1C(=O)C(c2ccc(Cl)cc2Cl)=C(N2CCc3ccccc3C2)C1=O. The zero-order valence-electron chi connectivity index (χ0n) is 14.8. The summed E-state index contributed by atoms with van der Waals surface area (Å²) in [5, 5.41) is 0.855. The summed E-state index contributed by atoms with van der Waals surface area (Å²) < 4.78 is 0. The number of carbonyl (C=O) groups is 2. The lowest BCUT2D eigenvalue weighted by atomic mass is 9.98. The number of fused-ring (bicyclic) bond motifs is 1. The van der Waals surface area contributed by atoms with Gasteiger partial charge >= 0.3 is 0 Å². The zero-order valence-corrected chi connectivity index (χ0v) is 16.3. The van der Waals surface area contributed by atoms with Crippen LogP contribution in [0.15, 0.2) is 48.2 Å². The van der Waals surface area contributed by atoms with E-state index in [9.17, 15) is 9.59 Å². The first kappa shape index (κ1) is 18.1. The molecule has 2 aromatic carbocycles. The first-order chi connectivity index (χ1) is 13.0. The Morgan fingerprint density at radius 2 is 1.74 bits per heavy atom. The Bertz CT molecular complexity index is 984. The third kappa shape index (κ3) is 3.03. The van der Waals surface area contributed by atoms with E-state index < -0.39 is 0 Å². The topological polar surface area (TPSA) is 40.6 Å². The number of likely N-dealkylation sites (N-methyl/N-ethyl adjacent to an activating group) is 1. The summed E-state index contributed by atoms with van der Waals surface area (Å²) in [5.41, 5.74) is 3.80. The Balaban J connectivity index is 1.84. The molecule has 6 heteroatoms. The van der Waals surface area contributed by atoms with Gasteiger partial charge in [0, 0.05) is 30.2 Å². The van der Waals surface area contributed by atoms with Gasteiger partial charge in [-0.1, -0.05) is 53.5 Å². The average molecular weight is 401 g/mol. The fourth-order valence-corrected chi connectivity index (χ4v) is 4.27. The lowest BCUT2D eigenvalue weighted by Gasteiger charge is -2.31. The van der Waals surface area contributed by atoms with Crippen molar-refractivity contribution < 1.29 is 9.59 Å². The van der Waals surface area contributed by atoms with Crippen LogP contribution < -0.4 is 0 Å². The van der Waals surface area contributed by atoms with Crippen LogP contribution in [-0.4, -0.2) is 34.7 Å². The smallest absolute Gasteiger partial charge is 0.277 e. The maximum Gasteiger partial charge on any atom is 0.277 e. The molecule has 2 heterocycles. The van der Waals surface area contributed by atoms with E-state index in [1.807, 2.05) is 17.0 Å². The molecule has 0 bridgehead atoms. The van der Waals surface area contributed by atoms with Crippen LogP contribution in [-0.2, 0) is 22.6 Å². The van der Waals surface area contributed by atoms with Gasteiger partial charge in [0.05, 0.1) is 10.6 Å². The number of hydrogen-bond donors (Lipinski definition) is 0. The van der Waals surface area contributed by atoms with Gasteiger partial charge in [-0.15, -0.1) is 0 Å². The van der Waals surface area contributed by atoms with E-state index in [4.69, 9.17) is 23.2 Å². The second kappa shape index (κ2) is 7.02. The second-order valence-electron chi connectivity index (χ2n) is 6.64. The first-order valence-corrected chi connectivity index (χ1v) is 9.64. The number of benzene rings is 2. The number of halogens is 2. The van der Waals surface area contributed by atoms with Crippen molar-refractivity contribution in [3.05, 3.63) is 74.9 Å². The van der Waals surface area contributed by atoms with Crippen LogP contribution in [0, 0.1) is 0 Å². The molecule has 0 aliphatic carbocycles. The normalized spacial score (nSPS) is 17.0. The first-order valence-electron chi connectivity index (χ1n) is 8.89. The van der Waals surface area contributed by atoms with Gasteiger partial charge in [-0.25, -0.2) is 0 Å². The van der Waals surface area contributed by atoms with Crippen LogP contribution in [0.2, 0.25) is 10.0 Å². The van der Waals surface area contributed by atoms with Crippen molar-refractivity contribution in [2.45, 2.75) is 19.9 Å². The van der Waals surface area contributed by atoms with Crippen LogP contribution in [0.4, 0.5) is 0 Å². The molecular weight excluding hydrogens is 383 g/mol. The molecule has 0 fully saturated rings. The fourth-order valence-electron chi connectivity index (χ4n) is 3.77. The number of rotatable bonds is 3. The van der Waals surface area contributed by atoms with Crippen LogP contribution in [0.5, 0.6) is 0 Å². The highest BCUT2D eigenvalue weighted by molar-refractivity contribution is 6.41. The van der Waals surface area contributed by atoms with Gasteiger partial charge in [-0.2, -0.15) is 0 Å². The highest BCUT2D eigenvalue weighted by Crippen LogP contribution is 2.37. The highest BCUT2D eigenvalue weighted by atomic mass is 35.5. The molecule has 0 saturated carbocycles. The minimum Gasteiger partial charge on any atom is -0.362 e. The van der Waals surface area contributed by atoms with E-state index in [0.29, 0.717) is 46.5 Å². The number of imide groups is 1. The summed E-state index contributed by atoms with van der Waals surface area (Å²) in [6.07, 6.45) is 0.828. The molecule has 2 amide bonds. The third-order valence-electron chi connectivity index (χ3n) is 5.11. The Labute approximate surface area is 168 Å². The maximum atomic E-state index is 13.1. The van der Waals surface area contributed by atoms with E-state index >= 15 is 0 Å². The molecule has 0 saturated heterocycles. The van der Waals surface area contributed by atoms with Crippen molar-refractivity contribution in [3.8, 4) is 0 Å². The largest absolute Gasteiger partial charge is 0.362 e. The van der Waals surface area contributed by atoms with Crippen molar-refractivity contribution >= 4 is 40.6 Å². The van der Waals surface area contributed by atoms with Crippen LogP contribution in [0.25, 0.3) is 5.57 Å². The predicted octanol–water partition coefficient (Wildman–Crippen LogP) is 4.15. The van der Waals surface area contributed by atoms with Crippen LogP contribution >= 0.6 is 23.2 Å². The van der Waals surface area contributed by atoms with E-state index in [1.165, 1.54) is 16.0 Å². The van der Waals surface area contributed by atoms with Crippen molar-refractivity contribution in [2.24, 2.45) is 0 Å². The standard InChI is InChI=1S/C21H18Cl2N2O2/c1-2-25-20(26)18(16-8-7-15(22)11-17(16)23)19(21(25)27)24-10-9-13-5-3-4-6-14(13)12-24/h3-8,11H,2,9-10,12H2,1H3. The molecule has 0 aromatic heterocycles. The summed E-state index contributed by atoms with van der Waals surface area (Å²) in [5.74, 6) is -0.566. The lowest BCUT2D eigenvalue weighted by Crippen LogP contribution is -2.37. The van der Waals surface area contributed by atoms with Gasteiger partial charge < -0.3 is 4.90 Å². The number of hydrogen-bond acceptors (Lipinski definition) is 3. The van der Waals surface area contributed by atoms with Gasteiger partial charge in [0.25, 0.3) is 11.8 Å². The molecule has 138 valence electrons. The second-order valence-corrected chi connectivity index (χ2v) is 7.49. The molecule has 0 spiro atoms. The number of amides is 2. The van der Waals surface area contributed by atoms with E-state index in [0.717, 1.165) is 6.42 Å². The summed E-state index contributed by atoms with van der Waals surface area (Å²) in [6.45, 7) is 3.39. The number of nitrogens with zero attached hydrogens (tertiary/aromatic N) is 2. The van der Waals surface area contributed by atoms with Gasteiger partial charge in [-0.05, 0) is 36.6 Å². The predicted molar refractivity (Wildman–Crippen MR) is 106 cm³/mol. The van der Waals surface area contributed by atoms with Crippen molar-refractivity contribution in [1.82, 2.24) is 9.80 Å². The Hall–Kier alpha value is -2.30. The van der Waals surface area contributed by atoms with Gasteiger partial charge in [0.1, 0.15) is 5.70 Å². The summed E-state index contributed by atoms with van der Waals surface area (Å²) >= 11 is 12.4. The summed E-state index contributed by atoms with van der Waals surface area (Å²) in [6, 6.07) is 13.2. The van der Waals surface area contributed by atoms with E-state index in [1.54, 1.807) is 25.1 Å². The molecule has 2 aromatic rings. The van der Waals surface area contributed by atoms with Gasteiger partial charge in [-0.3, -0.25) is 14.5 Å². The minimum atomic E-state index is -0.305. The van der Waals surface area contributed by atoms with Crippen LogP contribution in [0.3, 0.4) is 0 Å². The molecule has 0 N–H and O–H groups in total. The van der Waals surface area contributed by atoms with E-state index in [2.05, 4.69) is 12.1 Å². The van der Waals surface area contributed by atoms with Crippen molar-refractivity contribution in [1.29, 1.82) is 0 Å². The molecule has 2 aliphatic rings. The van der Waals surface area contributed by atoms with E-state index in [-0.39, 0.29) is 11.8 Å². The molecule has 4 rings (SSSR count). The molecule has 4 nitrogen and oxygen atoms in total. The molecular formula is C21H18Cl2N2O2. The van der Waals surface area contributed by atoms with Crippen molar-refractivity contribution in [3.63, 3.8) is 0 Å². The van der Waals surface area contributed by atoms with Crippen LogP contribution in [0.1, 0.15) is 23.6 Å². The maximum absolute atomic E-state index is 13.1. The number of carbonyl (C=O) groups excluding carboxylic acids is 2. The monoisotopic (exact) mass is 400 g/mol. The van der Waals surface area contributed by atoms with Crippen molar-refractivity contribution in [2.75, 3.05) is 13.1 Å². The Kier molecular flexibility index (Phi) is 4.70. The molecule has 0 radical (unpaired) electrons. The lowest BCUT2D eigenvalue weighted by molar-refractivity contribution is -0.137. The average Bonchev–Trinajstić information content (AvgIpc) is 2.91. The van der Waals surface area contributed by atoms with Gasteiger partial charge in [0.15, 0.2) is 0 Å². The zero-order chi connectivity index (χ0) is 19.1. The Morgan fingerprint density at radius 3 is 2.44 bits per heavy atom. The minimum absolute atomic E-state index is 0.261. The molecule has 0 unspecified atom stereocenters. The molecule has 0 atom stereocenters. The fraction of sp³-hybridized carbons (Fsp3) is 0.238. The molecule has 2 aliphatic heterocycles. The molecule has 27 heavy (non-hydrogen) atoms. The summed E-state index contributed by atoms with van der Waals surface area (Å²) in [7, 11) is 0. The Morgan fingerprint density at radius 1 is 1.00 bits per heavy atom. The quantitative estimate of drug-likeness (QED) is 0.726. The van der Waals surface area contributed by atoms with Gasteiger partial charge in [0.2, 0.25) is 0 Å². The third-order valence-corrected chi connectivity index (χ3v) is 5.65. The summed E-state index contributed by atoms with van der Waals surface area (Å²) in [4.78, 5) is 29.3.